The standard InChI is InChI=1S/C13H11F3N2O/c1-2-12-9(8-19)7-18(17-12)11-5-3-10(4-6-11)13(14,15)16/h3-8H,2H2,1H3. The van der Waals surface area contributed by atoms with E-state index in [1.165, 1.54) is 23.0 Å². The van der Waals surface area contributed by atoms with Gasteiger partial charge in [0.25, 0.3) is 0 Å². The van der Waals surface area contributed by atoms with E-state index in [0.29, 0.717) is 29.7 Å². The van der Waals surface area contributed by atoms with Crippen LogP contribution in [-0.4, -0.2) is 16.1 Å². The second kappa shape index (κ2) is 4.87. The van der Waals surface area contributed by atoms with E-state index in [2.05, 4.69) is 5.10 Å². The van der Waals surface area contributed by atoms with Crippen molar-refractivity contribution >= 4 is 6.29 Å². The minimum Gasteiger partial charge on any atom is -0.298 e. The molecule has 0 fully saturated rings. The van der Waals surface area contributed by atoms with Crippen LogP contribution in [0.25, 0.3) is 5.69 Å². The SMILES string of the molecule is CCc1nn(-c2ccc(C(F)(F)F)cc2)cc1C=O. The van der Waals surface area contributed by atoms with Crippen LogP contribution < -0.4 is 0 Å². The Labute approximate surface area is 107 Å². The van der Waals surface area contributed by atoms with E-state index < -0.39 is 11.7 Å². The lowest BCUT2D eigenvalue weighted by molar-refractivity contribution is -0.137. The Kier molecular flexibility index (Phi) is 3.42. The molecule has 0 aliphatic rings. The molecule has 6 heteroatoms. The van der Waals surface area contributed by atoms with E-state index >= 15 is 0 Å². The lowest BCUT2D eigenvalue weighted by Crippen LogP contribution is -2.05. The van der Waals surface area contributed by atoms with Gasteiger partial charge in [0.05, 0.1) is 22.5 Å². The zero-order valence-corrected chi connectivity index (χ0v) is 10.1. The molecule has 0 spiro atoms. The lowest BCUT2D eigenvalue weighted by Gasteiger charge is -2.07. The third kappa shape index (κ3) is 2.67. The first-order valence-electron chi connectivity index (χ1n) is 5.67. The number of aldehydes is 1. The highest BCUT2D eigenvalue weighted by Crippen LogP contribution is 2.29. The summed E-state index contributed by atoms with van der Waals surface area (Å²) in [5.74, 6) is 0. The largest absolute Gasteiger partial charge is 0.416 e. The summed E-state index contributed by atoms with van der Waals surface area (Å²) in [7, 11) is 0. The van der Waals surface area contributed by atoms with Crippen LogP contribution in [-0.2, 0) is 12.6 Å². The van der Waals surface area contributed by atoms with Gasteiger partial charge < -0.3 is 0 Å². The number of carbonyl (C=O) groups is 1. The summed E-state index contributed by atoms with van der Waals surface area (Å²) in [4.78, 5) is 10.8. The van der Waals surface area contributed by atoms with Crippen molar-refractivity contribution < 1.29 is 18.0 Å². The summed E-state index contributed by atoms with van der Waals surface area (Å²) in [5, 5.41) is 4.17. The van der Waals surface area contributed by atoms with Crippen molar-refractivity contribution in [1.82, 2.24) is 9.78 Å². The molecule has 0 unspecified atom stereocenters. The lowest BCUT2D eigenvalue weighted by atomic mass is 10.2. The first-order chi connectivity index (χ1) is 8.95. The minimum atomic E-state index is -4.36. The van der Waals surface area contributed by atoms with Crippen molar-refractivity contribution in [2.24, 2.45) is 0 Å². The molecule has 0 saturated heterocycles. The maximum absolute atomic E-state index is 12.4. The molecule has 0 aliphatic carbocycles. The molecular weight excluding hydrogens is 257 g/mol. The van der Waals surface area contributed by atoms with Gasteiger partial charge in [0.2, 0.25) is 0 Å². The first kappa shape index (κ1) is 13.3. The number of aromatic nitrogens is 2. The molecule has 0 N–H and O–H groups in total. The number of rotatable bonds is 3. The summed E-state index contributed by atoms with van der Waals surface area (Å²) < 4.78 is 38.7. The molecule has 100 valence electrons. The van der Waals surface area contributed by atoms with Gasteiger partial charge in [-0.2, -0.15) is 18.3 Å². The Hall–Kier alpha value is -2.11. The summed E-state index contributed by atoms with van der Waals surface area (Å²) in [6.45, 7) is 1.85. The maximum atomic E-state index is 12.4. The number of hydrogen-bond donors (Lipinski definition) is 0. The van der Waals surface area contributed by atoms with E-state index in [4.69, 9.17) is 0 Å². The monoisotopic (exact) mass is 268 g/mol. The van der Waals surface area contributed by atoms with Crippen LogP contribution in [0, 0.1) is 0 Å². The zero-order valence-electron chi connectivity index (χ0n) is 10.1. The molecule has 3 nitrogen and oxygen atoms in total. The third-order valence-electron chi connectivity index (χ3n) is 2.74. The second-order valence-electron chi connectivity index (χ2n) is 3.99. The number of nitrogens with zero attached hydrogens (tertiary/aromatic N) is 2. The average molecular weight is 268 g/mol. The normalized spacial score (nSPS) is 11.6. The Morgan fingerprint density at radius 2 is 1.89 bits per heavy atom. The van der Waals surface area contributed by atoms with Crippen molar-refractivity contribution in [3.05, 3.63) is 47.3 Å². The molecule has 0 aliphatic heterocycles. The predicted molar refractivity (Wildman–Crippen MR) is 63.3 cm³/mol. The van der Waals surface area contributed by atoms with Crippen LogP contribution in [0.1, 0.15) is 28.5 Å². The van der Waals surface area contributed by atoms with E-state index in [0.717, 1.165) is 12.1 Å². The van der Waals surface area contributed by atoms with Gasteiger partial charge in [-0.25, -0.2) is 4.68 Å². The fourth-order valence-corrected chi connectivity index (χ4v) is 1.73. The van der Waals surface area contributed by atoms with Crippen molar-refractivity contribution in [3.8, 4) is 5.69 Å². The van der Waals surface area contributed by atoms with Gasteiger partial charge in [-0.1, -0.05) is 6.92 Å². The fourth-order valence-electron chi connectivity index (χ4n) is 1.73. The van der Waals surface area contributed by atoms with Crippen molar-refractivity contribution in [2.45, 2.75) is 19.5 Å². The van der Waals surface area contributed by atoms with Gasteiger partial charge in [0, 0.05) is 6.20 Å². The second-order valence-corrected chi connectivity index (χ2v) is 3.99. The molecule has 2 aromatic rings. The molecule has 2 rings (SSSR count). The topological polar surface area (TPSA) is 34.9 Å². The summed E-state index contributed by atoms with van der Waals surface area (Å²) in [6.07, 6.45) is -1.58. The Morgan fingerprint density at radius 1 is 1.26 bits per heavy atom. The first-order valence-corrected chi connectivity index (χ1v) is 5.67. The van der Waals surface area contributed by atoms with Gasteiger partial charge in [-0.15, -0.1) is 0 Å². The van der Waals surface area contributed by atoms with Crippen LogP contribution in [0.15, 0.2) is 30.5 Å². The number of halogens is 3. The third-order valence-corrected chi connectivity index (χ3v) is 2.74. The van der Waals surface area contributed by atoms with Gasteiger partial charge >= 0.3 is 6.18 Å². The van der Waals surface area contributed by atoms with Crippen molar-refractivity contribution in [1.29, 1.82) is 0 Å². The van der Waals surface area contributed by atoms with E-state index in [-0.39, 0.29) is 0 Å². The number of carbonyl (C=O) groups excluding carboxylic acids is 1. The Bertz CT molecular complexity index is 585. The summed E-state index contributed by atoms with van der Waals surface area (Å²) in [5.41, 5.74) is 0.836. The van der Waals surface area contributed by atoms with Crippen molar-refractivity contribution in [3.63, 3.8) is 0 Å². The molecule has 0 atom stereocenters. The van der Waals surface area contributed by atoms with Crippen LogP contribution in [0.5, 0.6) is 0 Å². The van der Waals surface area contributed by atoms with Gasteiger partial charge in [-0.3, -0.25) is 4.79 Å². The van der Waals surface area contributed by atoms with Crippen molar-refractivity contribution in [2.75, 3.05) is 0 Å². The zero-order chi connectivity index (χ0) is 14.0. The maximum Gasteiger partial charge on any atom is 0.416 e. The smallest absolute Gasteiger partial charge is 0.298 e. The minimum absolute atomic E-state index is 0.447. The van der Waals surface area contributed by atoms with Crippen LogP contribution in [0.3, 0.4) is 0 Å². The average Bonchev–Trinajstić information content (AvgIpc) is 2.81. The Morgan fingerprint density at radius 3 is 2.32 bits per heavy atom. The fraction of sp³-hybridized carbons (Fsp3) is 0.231. The highest BCUT2D eigenvalue weighted by atomic mass is 19.4. The van der Waals surface area contributed by atoms with E-state index in [1.54, 1.807) is 0 Å². The quantitative estimate of drug-likeness (QED) is 0.801. The summed E-state index contributed by atoms with van der Waals surface area (Å²) in [6, 6.07) is 4.63. The number of alkyl halides is 3. The number of aryl methyl sites for hydroxylation is 1. The molecule has 19 heavy (non-hydrogen) atoms. The molecular formula is C13H11F3N2O. The summed E-state index contributed by atoms with van der Waals surface area (Å²) >= 11 is 0. The van der Waals surface area contributed by atoms with Gasteiger partial charge in [0.15, 0.2) is 6.29 Å². The van der Waals surface area contributed by atoms with E-state index in [9.17, 15) is 18.0 Å². The molecule has 1 aromatic heterocycles. The van der Waals surface area contributed by atoms with Gasteiger partial charge in [-0.05, 0) is 30.7 Å². The highest BCUT2D eigenvalue weighted by molar-refractivity contribution is 5.76. The molecule has 0 radical (unpaired) electrons. The number of hydrogen-bond acceptors (Lipinski definition) is 2. The highest BCUT2D eigenvalue weighted by Gasteiger charge is 2.30. The Balaban J connectivity index is 2.37. The van der Waals surface area contributed by atoms with Crippen LogP contribution in [0.2, 0.25) is 0 Å². The molecule has 0 bridgehead atoms. The number of benzene rings is 1. The molecule has 0 saturated carbocycles. The van der Waals surface area contributed by atoms with Gasteiger partial charge in [0.1, 0.15) is 0 Å². The predicted octanol–water partition coefficient (Wildman–Crippen LogP) is 3.27. The molecule has 1 heterocycles. The molecule has 0 amide bonds. The van der Waals surface area contributed by atoms with E-state index in [1.807, 2.05) is 6.92 Å². The van der Waals surface area contributed by atoms with Crippen LogP contribution >= 0.6 is 0 Å². The molecule has 1 aromatic carbocycles. The van der Waals surface area contributed by atoms with Crippen LogP contribution in [0.4, 0.5) is 13.2 Å².